The van der Waals surface area contributed by atoms with Gasteiger partial charge in [-0.3, -0.25) is 15.4 Å². The van der Waals surface area contributed by atoms with Crippen LogP contribution >= 0.6 is 0 Å². The molecule has 0 saturated heterocycles. The molecule has 9 heteroatoms. The highest BCUT2D eigenvalue weighted by Gasteiger charge is 2.38. The van der Waals surface area contributed by atoms with Crippen molar-refractivity contribution >= 4 is 17.0 Å². The Balaban J connectivity index is 1.84. The lowest BCUT2D eigenvalue weighted by Gasteiger charge is -2.21. The molecule has 0 unspecified atom stereocenters. The Morgan fingerprint density at radius 1 is 1.44 bits per heavy atom. The number of fused-ring (bicyclic) bond motifs is 1. The van der Waals surface area contributed by atoms with Crippen LogP contribution in [0.3, 0.4) is 0 Å². The van der Waals surface area contributed by atoms with Gasteiger partial charge in [0.25, 0.3) is 0 Å². The van der Waals surface area contributed by atoms with Crippen LogP contribution in [0.5, 0.6) is 0 Å². The minimum absolute atomic E-state index is 0.0960. The summed E-state index contributed by atoms with van der Waals surface area (Å²) in [6.07, 6.45) is 0.692. The second-order valence-electron chi connectivity index (χ2n) is 6.51. The molecular weight excluding hydrogens is 333 g/mol. The molecular formula is C16H21F3N6. The van der Waals surface area contributed by atoms with Crippen LogP contribution in [-0.2, 0) is 0 Å². The molecule has 6 nitrogen and oxygen atoms in total. The third-order valence-corrected chi connectivity index (χ3v) is 4.90. The smallest absolute Gasteiger partial charge is 0.345 e. The van der Waals surface area contributed by atoms with E-state index in [1.807, 2.05) is 6.92 Å². The molecule has 2 heterocycles. The lowest BCUT2D eigenvalue weighted by atomic mass is 9.92. The monoisotopic (exact) mass is 354 g/mol. The van der Waals surface area contributed by atoms with Crippen molar-refractivity contribution in [2.24, 2.45) is 11.8 Å². The Labute approximate surface area is 142 Å². The zero-order valence-corrected chi connectivity index (χ0v) is 13.8. The number of aromatic nitrogens is 3. The fourth-order valence-electron chi connectivity index (χ4n) is 3.71. The van der Waals surface area contributed by atoms with Gasteiger partial charge >= 0.3 is 6.18 Å². The Morgan fingerprint density at radius 3 is 2.88 bits per heavy atom. The first-order valence-corrected chi connectivity index (χ1v) is 8.29. The summed E-state index contributed by atoms with van der Waals surface area (Å²) in [7, 11) is 0. The lowest BCUT2D eigenvalue weighted by molar-refractivity contribution is -0.126. The molecule has 2 aromatic heterocycles. The molecule has 4 N–H and O–H groups in total. The quantitative estimate of drug-likeness (QED) is 0.502. The van der Waals surface area contributed by atoms with Gasteiger partial charge in [0.2, 0.25) is 0 Å². The lowest BCUT2D eigenvalue weighted by Crippen LogP contribution is -2.36. The highest BCUT2D eigenvalue weighted by Crippen LogP contribution is 2.36. The van der Waals surface area contributed by atoms with Gasteiger partial charge in [-0.1, -0.05) is 13.3 Å². The van der Waals surface area contributed by atoms with Gasteiger partial charge in [-0.15, -0.1) is 0 Å². The minimum atomic E-state index is -4.24. The van der Waals surface area contributed by atoms with Crippen molar-refractivity contribution in [3.63, 3.8) is 0 Å². The van der Waals surface area contributed by atoms with E-state index in [1.165, 1.54) is 10.8 Å². The predicted molar refractivity (Wildman–Crippen MR) is 87.4 cm³/mol. The molecule has 1 aliphatic carbocycles. The van der Waals surface area contributed by atoms with E-state index in [2.05, 4.69) is 15.3 Å². The SMILES string of the molecule is CC[C@@H]1C[C@H](NCC(F)(F)F)C[C@@H]1C(=N)n1c(=N)cnc2[nH]ccc21. The summed E-state index contributed by atoms with van der Waals surface area (Å²) < 4.78 is 38.9. The Hall–Kier alpha value is -2.16. The predicted octanol–water partition coefficient (Wildman–Crippen LogP) is 2.63. The van der Waals surface area contributed by atoms with Crippen molar-refractivity contribution in [3.05, 3.63) is 23.9 Å². The van der Waals surface area contributed by atoms with Gasteiger partial charge in [-0.2, -0.15) is 13.2 Å². The molecule has 0 amide bonds. The van der Waals surface area contributed by atoms with Gasteiger partial charge in [0.1, 0.15) is 11.3 Å². The molecule has 0 aliphatic heterocycles. The van der Waals surface area contributed by atoms with Crippen molar-refractivity contribution in [2.75, 3.05) is 6.54 Å². The summed E-state index contributed by atoms with van der Waals surface area (Å²) >= 11 is 0. The van der Waals surface area contributed by atoms with Crippen LogP contribution < -0.4 is 10.8 Å². The van der Waals surface area contributed by atoms with E-state index in [-0.39, 0.29) is 29.2 Å². The molecule has 25 heavy (non-hydrogen) atoms. The maximum Gasteiger partial charge on any atom is 0.401 e. The average Bonchev–Trinajstić information content (AvgIpc) is 3.17. The van der Waals surface area contributed by atoms with Gasteiger partial charge in [-0.05, 0) is 24.8 Å². The van der Waals surface area contributed by atoms with Crippen LogP contribution in [0.15, 0.2) is 18.5 Å². The van der Waals surface area contributed by atoms with Gasteiger partial charge in [0, 0.05) is 18.2 Å². The summed E-state index contributed by atoms with van der Waals surface area (Å²) in [6, 6.07) is 1.49. The fourth-order valence-corrected chi connectivity index (χ4v) is 3.71. The van der Waals surface area contributed by atoms with Gasteiger partial charge < -0.3 is 10.3 Å². The zero-order valence-electron chi connectivity index (χ0n) is 13.8. The Bertz CT molecular complexity index is 821. The van der Waals surface area contributed by atoms with Crippen LogP contribution in [0.25, 0.3) is 11.2 Å². The first-order valence-electron chi connectivity index (χ1n) is 8.29. The van der Waals surface area contributed by atoms with E-state index >= 15 is 0 Å². The highest BCUT2D eigenvalue weighted by atomic mass is 19.4. The van der Waals surface area contributed by atoms with Gasteiger partial charge in [0.05, 0.1) is 18.3 Å². The summed E-state index contributed by atoms with van der Waals surface area (Å²) in [6.45, 7) is 0.976. The number of hydrogen-bond acceptors (Lipinski definition) is 4. The molecule has 0 spiro atoms. The molecule has 2 aromatic rings. The first kappa shape index (κ1) is 17.7. The third kappa shape index (κ3) is 3.60. The van der Waals surface area contributed by atoms with E-state index in [0.717, 1.165) is 6.42 Å². The van der Waals surface area contributed by atoms with E-state index in [1.54, 1.807) is 12.3 Å². The summed E-state index contributed by atoms with van der Waals surface area (Å²) in [5.41, 5.74) is 1.32. The summed E-state index contributed by atoms with van der Waals surface area (Å²) in [5.74, 6) is 0.179. The van der Waals surface area contributed by atoms with E-state index < -0.39 is 12.7 Å². The van der Waals surface area contributed by atoms with Crippen molar-refractivity contribution in [1.82, 2.24) is 19.9 Å². The number of aromatic amines is 1. The number of nitrogens with zero attached hydrogens (tertiary/aromatic N) is 2. The first-order chi connectivity index (χ1) is 11.8. The van der Waals surface area contributed by atoms with Crippen LogP contribution in [-0.4, -0.2) is 39.1 Å². The van der Waals surface area contributed by atoms with Crippen molar-refractivity contribution in [2.45, 2.75) is 38.4 Å². The largest absolute Gasteiger partial charge is 0.401 e. The molecule has 136 valence electrons. The molecule has 1 saturated carbocycles. The minimum Gasteiger partial charge on any atom is -0.345 e. The van der Waals surface area contributed by atoms with E-state index in [4.69, 9.17) is 10.8 Å². The second-order valence-corrected chi connectivity index (χ2v) is 6.51. The number of hydrogen-bond donors (Lipinski definition) is 4. The average molecular weight is 354 g/mol. The number of alkyl halides is 3. The molecule has 1 aliphatic rings. The second kappa shape index (κ2) is 6.62. The molecule has 0 aromatic carbocycles. The molecule has 3 atom stereocenters. The molecule has 1 fully saturated rings. The fraction of sp³-hybridized carbons (Fsp3) is 0.562. The number of nitrogens with one attached hydrogen (secondary N) is 4. The molecule has 3 rings (SSSR count). The van der Waals surface area contributed by atoms with Crippen molar-refractivity contribution < 1.29 is 13.2 Å². The summed E-state index contributed by atoms with van der Waals surface area (Å²) in [4.78, 5) is 7.08. The Morgan fingerprint density at radius 2 is 2.20 bits per heavy atom. The van der Waals surface area contributed by atoms with E-state index in [9.17, 15) is 13.2 Å². The topological polar surface area (TPSA) is 93.3 Å². The molecule has 0 bridgehead atoms. The van der Waals surface area contributed by atoms with Crippen LogP contribution in [0, 0.1) is 22.7 Å². The third-order valence-electron chi connectivity index (χ3n) is 4.90. The number of rotatable bonds is 4. The van der Waals surface area contributed by atoms with Crippen LogP contribution in [0.2, 0.25) is 0 Å². The van der Waals surface area contributed by atoms with E-state index in [0.29, 0.717) is 24.0 Å². The van der Waals surface area contributed by atoms with Crippen LogP contribution in [0.4, 0.5) is 13.2 Å². The summed E-state index contributed by atoms with van der Waals surface area (Å²) in [5, 5.41) is 19.3. The maximum atomic E-state index is 12.5. The van der Waals surface area contributed by atoms with Crippen LogP contribution in [0.1, 0.15) is 26.2 Å². The van der Waals surface area contributed by atoms with Crippen molar-refractivity contribution in [3.8, 4) is 0 Å². The molecule has 0 radical (unpaired) electrons. The number of H-pyrrole nitrogens is 1. The van der Waals surface area contributed by atoms with Crippen molar-refractivity contribution in [1.29, 1.82) is 10.8 Å². The highest BCUT2D eigenvalue weighted by molar-refractivity contribution is 5.91. The van der Waals surface area contributed by atoms with Gasteiger partial charge in [-0.25, -0.2) is 4.98 Å². The Kier molecular flexibility index (Phi) is 4.68. The normalized spacial score (nSPS) is 24.1. The maximum absolute atomic E-state index is 12.5. The standard InChI is InChI=1S/C16H21F3N6/c1-2-9-5-10(24-8-16(17,18)19)6-11(9)14(21)25-12-3-4-22-15(12)23-7-13(25)20/h3-4,7,9-11,20-22,24H,2,5-6,8H2,1H3/t9-,10+,11+/m1/s1. The number of halogens is 3. The van der Waals surface area contributed by atoms with Gasteiger partial charge in [0.15, 0.2) is 5.65 Å². The zero-order chi connectivity index (χ0) is 18.2.